The average molecular weight is 277 g/mol. The Morgan fingerprint density at radius 3 is 2.81 bits per heavy atom. The van der Waals surface area contributed by atoms with Crippen molar-refractivity contribution in [1.29, 1.82) is 0 Å². The minimum Gasteiger partial charge on any atom is -0.369 e. The van der Waals surface area contributed by atoms with Gasteiger partial charge in [-0.1, -0.05) is 22.0 Å². The third kappa shape index (κ3) is 1.56. The third-order valence-electron chi connectivity index (χ3n) is 2.82. The van der Waals surface area contributed by atoms with Gasteiger partial charge in [0.15, 0.2) is 5.78 Å². The van der Waals surface area contributed by atoms with Gasteiger partial charge in [0.25, 0.3) is 0 Å². The highest BCUT2D eigenvalue weighted by Crippen LogP contribution is 2.26. The Balaban J connectivity index is 2.30. The molecule has 0 saturated carbocycles. The molecule has 1 heterocycles. The molecule has 0 bridgehead atoms. The van der Waals surface area contributed by atoms with E-state index in [1.807, 2.05) is 24.3 Å². The monoisotopic (exact) mass is 276 g/mol. The lowest BCUT2D eigenvalue weighted by Gasteiger charge is -2.16. The fraction of sp³-hybridized carbons (Fsp3) is 0.154. The van der Waals surface area contributed by atoms with E-state index in [-0.39, 0.29) is 12.4 Å². The summed E-state index contributed by atoms with van der Waals surface area (Å²) in [6.45, 7) is 0.735. The summed E-state index contributed by atoms with van der Waals surface area (Å²) in [4.78, 5) is 11.7. The van der Waals surface area contributed by atoms with Crippen LogP contribution in [0.3, 0.4) is 0 Å². The average Bonchev–Trinajstić information content (AvgIpc) is 2.27. The van der Waals surface area contributed by atoms with Crippen molar-refractivity contribution in [3.05, 3.63) is 45.9 Å². The van der Waals surface area contributed by atoms with E-state index in [9.17, 15) is 4.79 Å². The molecule has 16 heavy (non-hydrogen) atoms. The van der Waals surface area contributed by atoms with Crippen LogP contribution in [0.4, 0.5) is 0 Å². The Hall–Kier alpha value is -1.19. The minimum atomic E-state index is 0.0751. The largest absolute Gasteiger partial charge is 0.369 e. The van der Waals surface area contributed by atoms with Gasteiger partial charge < -0.3 is 4.74 Å². The maximum atomic E-state index is 11.7. The third-order valence-corrected chi connectivity index (χ3v) is 3.31. The van der Waals surface area contributed by atoms with E-state index in [4.69, 9.17) is 4.74 Å². The molecule has 0 atom stereocenters. The molecule has 0 aliphatic carbocycles. The van der Waals surface area contributed by atoms with Gasteiger partial charge in [-0.05, 0) is 40.6 Å². The molecule has 0 N–H and O–H groups in total. The van der Waals surface area contributed by atoms with Crippen LogP contribution in [0.1, 0.15) is 15.9 Å². The predicted molar refractivity (Wildman–Crippen MR) is 65.6 cm³/mol. The lowest BCUT2D eigenvalue weighted by molar-refractivity contribution is 0.0666. The summed E-state index contributed by atoms with van der Waals surface area (Å²) < 4.78 is 6.27. The molecule has 0 spiro atoms. The van der Waals surface area contributed by atoms with E-state index in [2.05, 4.69) is 22.0 Å². The topological polar surface area (TPSA) is 26.3 Å². The van der Waals surface area contributed by atoms with Crippen LogP contribution in [0.25, 0.3) is 10.8 Å². The molecule has 0 aromatic heterocycles. The molecular weight excluding hydrogens is 268 g/mol. The standard InChI is InChI=1S/C13H9BrO2/c14-11-2-1-8-5-12-10(3-9(8)4-11)6-16-7-13(12)15/h1-5H,6-7H2. The zero-order valence-corrected chi connectivity index (χ0v) is 10.1. The number of hydrogen-bond donors (Lipinski definition) is 0. The van der Waals surface area contributed by atoms with Gasteiger partial charge in [0, 0.05) is 10.0 Å². The van der Waals surface area contributed by atoms with Gasteiger partial charge in [0.05, 0.1) is 6.61 Å². The quantitative estimate of drug-likeness (QED) is 0.738. The molecule has 1 aliphatic heterocycles. The summed E-state index contributed by atoms with van der Waals surface area (Å²) in [6, 6.07) is 10.0. The van der Waals surface area contributed by atoms with Crippen molar-refractivity contribution < 1.29 is 9.53 Å². The molecule has 3 rings (SSSR count). The number of carbonyl (C=O) groups is 1. The zero-order valence-electron chi connectivity index (χ0n) is 8.50. The zero-order chi connectivity index (χ0) is 11.1. The van der Waals surface area contributed by atoms with Crippen LogP contribution in [0.2, 0.25) is 0 Å². The molecule has 1 aliphatic rings. The van der Waals surface area contributed by atoms with Crippen molar-refractivity contribution in [1.82, 2.24) is 0 Å². The Morgan fingerprint density at radius 2 is 1.94 bits per heavy atom. The van der Waals surface area contributed by atoms with Crippen molar-refractivity contribution in [2.75, 3.05) is 6.61 Å². The molecule has 0 fully saturated rings. The molecule has 0 amide bonds. The Kier molecular flexibility index (Phi) is 2.30. The van der Waals surface area contributed by atoms with E-state index in [0.717, 1.165) is 26.4 Å². The highest BCUT2D eigenvalue weighted by molar-refractivity contribution is 9.10. The first-order valence-corrected chi connectivity index (χ1v) is 5.86. The normalized spacial score (nSPS) is 15.2. The first-order chi connectivity index (χ1) is 7.74. The predicted octanol–water partition coefficient (Wildman–Crippen LogP) is 3.32. The SMILES string of the molecule is O=C1COCc2cc3cc(Br)ccc3cc21. The number of Topliss-reactive ketones (excluding diaryl/α,β-unsaturated/α-hetero) is 1. The molecular formula is C13H9BrO2. The number of fused-ring (bicyclic) bond motifs is 2. The molecule has 0 unspecified atom stereocenters. The second-order valence-corrected chi connectivity index (χ2v) is 4.83. The molecule has 0 saturated heterocycles. The number of rotatable bonds is 0. The minimum absolute atomic E-state index is 0.0751. The molecule has 2 aromatic rings. The number of ether oxygens (including phenoxy) is 1. The van der Waals surface area contributed by atoms with Crippen molar-refractivity contribution in [3.8, 4) is 0 Å². The van der Waals surface area contributed by atoms with Gasteiger partial charge in [-0.2, -0.15) is 0 Å². The number of benzene rings is 2. The van der Waals surface area contributed by atoms with Crippen LogP contribution < -0.4 is 0 Å². The van der Waals surface area contributed by atoms with Crippen LogP contribution in [0.15, 0.2) is 34.8 Å². The maximum Gasteiger partial charge on any atom is 0.188 e. The summed E-state index contributed by atoms with van der Waals surface area (Å²) >= 11 is 3.44. The molecule has 2 nitrogen and oxygen atoms in total. The summed E-state index contributed by atoms with van der Waals surface area (Å²) in [7, 11) is 0. The van der Waals surface area contributed by atoms with Crippen molar-refractivity contribution >= 4 is 32.5 Å². The van der Waals surface area contributed by atoms with Crippen LogP contribution in [-0.2, 0) is 11.3 Å². The second-order valence-electron chi connectivity index (χ2n) is 3.92. The van der Waals surface area contributed by atoms with E-state index in [0.29, 0.717) is 6.61 Å². The number of halogens is 1. The van der Waals surface area contributed by atoms with Crippen LogP contribution in [0.5, 0.6) is 0 Å². The van der Waals surface area contributed by atoms with Crippen LogP contribution in [0, 0.1) is 0 Å². The van der Waals surface area contributed by atoms with Gasteiger partial charge in [-0.25, -0.2) is 0 Å². The van der Waals surface area contributed by atoms with E-state index < -0.39 is 0 Å². The number of hydrogen-bond acceptors (Lipinski definition) is 2. The number of ketones is 1. The van der Waals surface area contributed by atoms with Crippen LogP contribution in [-0.4, -0.2) is 12.4 Å². The lowest BCUT2D eigenvalue weighted by atomic mass is 9.97. The summed E-state index contributed by atoms with van der Waals surface area (Å²) in [6.07, 6.45) is 0. The fourth-order valence-corrected chi connectivity index (χ4v) is 2.40. The molecule has 2 aromatic carbocycles. The summed E-state index contributed by atoms with van der Waals surface area (Å²) in [5.41, 5.74) is 1.79. The van der Waals surface area contributed by atoms with Gasteiger partial charge in [-0.3, -0.25) is 4.79 Å². The first kappa shape index (κ1) is 10.00. The van der Waals surface area contributed by atoms with E-state index >= 15 is 0 Å². The highest BCUT2D eigenvalue weighted by atomic mass is 79.9. The van der Waals surface area contributed by atoms with E-state index in [1.165, 1.54) is 0 Å². The maximum absolute atomic E-state index is 11.7. The lowest BCUT2D eigenvalue weighted by Crippen LogP contribution is -2.17. The van der Waals surface area contributed by atoms with Gasteiger partial charge in [0.1, 0.15) is 6.61 Å². The Morgan fingerprint density at radius 1 is 1.06 bits per heavy atom. The Labute approximate surface area is 101 Å². The summed E-state index contributed by atoms with van der Waals surface area (Å²) in [5, 5.41) is 2.23. The first-order valence-electron chi connectivity index (χ1n) is 5.07. The van der Waals surface area contributed by atoms with Crippen molar-refractivity contribution in [2.45, 2.75) is 6.61 Å². The Bertz CT molecular complexity index is 590. The van der Waals surface area contributed by atoms with Gasteiger partial charge >= 0.3 is 0 Å². The van der Waals surface area contributed by atoms with Crippen molar-refractivity contribution in [3.63, 3.8) is 0 Å². The van der Waals surface area contributed by atoms with Gasteiger partial charge in [-0.15, -0.1) is 0 Å². The van der Waals surface area contributed by atoms with Crippen molar-refractivity contribution in [2.24, 2.45) is 0 Å². The van der Waals surface area contributed by atoms with Gasteiger partial charge in [0.2, 0.25) is 0 Å². The molecule has 0 radical (unpaired) electrons. The number of carbonyl (C=O) groups excluding carboxylic acids is 1. The smallest absolute Gasteiger partial charge is 0.188 e. The summed E-state index contributed by atoms with van der Waals surface area (Å²) in [5.74, 6) is 0.0751. The highest BCUT2D eigenvalue weighted by Gasteiger charge is 2.17. The molecule has 80 valence electrons. The fourth-order valence-electron chi connectivity index (χ4n) is 2.03. The van der Waals surface area contributed by atoms with E-state index in [1.54, 1.807) is 0 Å². The molecule has 3 heteroatoms. The second kappa shape index (κ2) is 3.68. The van der Waals surface area contributed by atoms with Crippen LogP contribution >= 0.6 is 15.9 Å².